The van der Waals surface area contributed by atoms with E-state index in [1.54, 1.807) is 11.9 Å². The number of H-pyrrole nitrogens is 1. The minimum Gasteiger partial charge on any atom is -0.337 e. The quantitative estimate of drug-likeness (QED) is 0.728. The summed E-state index contributed by atoms with van der Waals surface area (Å²) in [4.78, 5) is 17.3. The van der Waals surface area contributed by atoms with Crippen molar-refractivity contribution in [1.82, 2.24) is 20.1 Å². The van der Waals surface area contributed by atoms with Gasteiger partial charge >= 0.3 is 0 Å². The molecule has 0 aliphatic rings. The molecule has 0 aliphatic carbocycles. The van der Waals surface area contributed by atoms with E-state index in [4.69, 9.17) is 5.73 Å². The summed E-state index contributed by atoms with van der Waals surface area (Å²) in [5.41, 5.74) is 5.80. The van der Waals surface area contributed by atoms with Crippen LogP contribution in [-0.4, -0.2) is 39.1 Å². The Morgan fingerprint density at radius 3 is 3.00 bits per heavy atom. The number of unbranched alkanes of at least 4 members (excludes halogenated alkanes) is 1. The van der Waals surface area contributed by atoms with Gasteiger partial charge in [0.05, 0.1) is 12.6 Å². The van der Waals surface area contributed by atoms with Crippen LogP contribution < -0.4 is 5.73 Å². The normalized spacial score (nSPS) is 12.4. The number of amides is 1. The molecule has 0 bridgehead atoms. The van der Waals surface area contributed by atoms with Gasteiger partial charge in [-0.3, -0.25) is 9.89 Å². The molecular formula is C10H19N5O. The van der Waals surface area contributed by atoms with E-state index in [2.05, 4.69) is 22.1 Å². The molecule has 0 aliphatic heterocycles. The van der Waals surface area contributed by atoms with Crippen molar-refractivity contribution in [3.8, 4) is 0 Å². The Morgan fingerprint density at radius 2 is 2.44 bits per heavy atom. The van der Waals surface area contributed by atoms with E-state index in [1.807, 2.05) is 0 Å². The molecule has 1 amide bonds. The van der Waals surface area contributed by atoms with Crippen LogP contribution in [0.5, 0.6) is 0 Å². The van der Waals surface area contributed by atoms with Crippen LogP contribution in [0.25, 0.3) is 0 Å². The third-order valence-electron chi connectivity index (χ3n) is 2.41. The number of rotatable bonds is 6. The van der Waals surface area contributed by atoms with Crippen LogP contribution in [0.15, 0.2) is 6.33 Å². The highest BCUT2D eigenvalue weighted by Gasteiger charge is 2.18. The summed E-state index contributed by atoms with van der Waals surface area (Å²) in [7, 11) is 1.72. The van der Waals surface area contributed by atoms with Crippen molar-refractivity contribution < 1.29 is 4.79 Å². The van der Waals surface area contributed by atoms with Gasteiger partial charge in [-0.1, -0.05) is 19.8 Å². The highest BCUT2D eigenvalue weighted by molar-refractivity contribution is 5.81. The van der Waals surface area contributed by atoms with E-state index in [1.165, 1.54) is 6.33 Å². The fraction of sp³-hybridized carbons (Fsp3) is 0.700. The van der Waals surface area contributed by atoms with Crippen molar-refractivity contribution in [2.45, 2.75) is 38.8 Å². The van der Waals surface area contributed by atoms with Crippen molar-refractivity contribution in [2.24, 2.45) is 5.73 Å². The van der Waals surface area contributed by atoms with E-state index in [9.17, 15) is 4.79 Å². The first-order chi connectivity index (χ1) is 7.65. The lowest BCUT2D eigenvalue weighted by Gasteiger charge is -2.19. The summed E-state index contributed by atoms with van der Waals surface area (Å²) in [6.07, 6.45) is 4.18. The van der Waals surface area contributed by atoms with E-state index in [0.29, 0.717) is 12.4 Å². The number of hydrogen-bond donors (Lipinski definition) is 2. The molecule has 1 aromatic heterocycles. The van der Waals surface area contributed by atoms with Gasteiger partial charge in [-0.25, -0.2) is 4.98 Å². The summed E-state index contributed by atoms with van der Waals surface area (Å²) in [6.45, 7) is 2.49. The number of likely N-dealkylation sites (N-methyl/N-ethyl adjacent to an activating group) is 1. The Balaban J connectivity index is 2.41. The highest BCUT2D eigenvalue weighted by atomic mass is 16.2. The first-order valence-corrected chi connectivity index (χ1v) is 5.50. The molecular weight excluding hydrogens is 206 g/mol. The summed E-state index contributed by atoms with van der Waals surface area (Å²) in [5.74, 6) is 0.614. The third kappa shape index (κ3) is 3.62. The summed E-state index contributed by atoms with van der Waals surface area (Å²) < 4.78 is 0. The Morgan fingerprint density at radius 1 is 1.69 bits per heavy atom. The Labute approximate surface area is 95.2 Å². The molecule has 6 nitrogen and oxygen atoms in total. The molecule has 0 radical (unpaired) electrons. The van der Waals surface area contributed by atoms with Crippen molar-refractivity contribution in [1.29, 1.82) is 0 Å². The monoisotopic (exact) mass is 225 g/mol. The minimum absolute atomic E-state index is 0.0511. The van der Waals surface area contributed by atoms with Gasteiger partial charge in [0.1, 0.15) is 12.2 Å². The number of nitrogens with two attached hydrogens (primary N) is 1. The molecule has 1 rings (SSSR count). The number of aromatic amines is 1. The second kappa shape index (κ2) is 6.22. The number of nitrogens with one attached hydrogen (secondary N) is 1. The lowest BCUT2D eigenvalue weighted by Crippen LogP contribution is -2.41. The molecule has 1 heterocycles. The van der Waals surface area contributed by atoms with Crippen LogP contribution in [0.3, 0.4) is 0 Å². The third-order valence-corrected chi connectivity index (χ3v) is 2.41. The SMILES string of the molecule is CCCCC(N)C(=O)N(C)Cc1ncn[nH]1. The average Bonchev–Trinajstić information content (AvgIpc) is 2.77. The fourth-order valence-electron chi connectivity index (χ4n) is 1.44. The first kappa shape index (κ1) is 12.6. The number of hydrogen-bond acceptors (Lipinski definition) is 4. The maximum Gasteiger partial charge on any atom is 0.239 e. The molecule has 0 saturated carbocycles. The molecule has 0 spiro atoms. The van der Waals surface area contributed by atoms with E-state index in [0.717, 1.165) is 19.3 Å². The molecule has 1 aromatic rings. The Hall–Kier alpha value is -1.43. The number of nitrogens with zero attached hydrogens (tertiary/aromatic N) is 3. The number of carbonyl (C=O) groups is 1. The predicted molar refractivity (Wildman–Crippen MR) is 60.4 cm³/mol. The average molecular weight is 225 g/mol. The second-order valence-corrected chi connectivity index (χ2v) is 3.88. The Bertz CT molecular complexity index is 311. The van der Waals surface area contributed by atoms with E-state index in [-0.39, 0.29) is 5.91 Å². The lowest BCUT2D eigenvalue weighted by atomic mass is 10.1. The van der Waals surface area contributed by atoms with Crippen LogP contribution in [0.4, 0.5) is 0 Å². The first-order valence-electron chi connectivity index (χ1n) is 5.50. The summed E-state index contributed by atoms with van der Waals surface area (Å²) in [6, 6.07) is -0.409. The van der Waals surface area contributed by atoms with Gasteiger partial charge in [0, 0.05) is 7.05 Å². The van der Waals surface area contributed by atoms with Crippen LogP contribution in [0.1, 0.15) is 32.0 Å². The molecule has 0 aromatic carbocycles. The van der Waals surface area contributed by atoms with Gasteiger partial charge in [0.15, 0.2) is 0 Å². The van der Waals surface area contributed by atoms with Crippen molar-refractivity contribution in [3.63, 3.8) is 0 Å². The van der Waals surface area contributed by atoms with Gasteiger partial charge < -0.3 is 10.6 Å². The van der Waals surface area contributed by atoms with Gasteiger partial charge in [0.2, 0.25) is 5.91 Å². The van der Waals surface area contributed by atoms with E-state index >= 15 is 0 Å². The zero-order valence-electron chi connectivity index (χ0n) is 9.81. The van der Waals surface area contributed by atoms with Crippen molar-refractivity contribution in [2.75, 3.05) is 7.05 Å². The molecule has 90 valence electrons. The molecule has 6 heteroatoms. The lowest BCUT2D eigenvalue weighted by molar-refractivity contribution is -0.132. The minimum atomic E-state index is -0.409. The second-order valence-electron chi connectivity index (χ2n) is 3.88. The van der Waals surface area contributed by atoms with Crippen molar-refractivity contribution in [3.05, 3.63) is 12.2 Å². The van der Waals surface area contributed by atoms with Gasteiger partial charge in [0.25, 0.3) is 0 Å². The fourth-order valence-corrected chi connectivity index (χ4v) is 1.44. The maximum atomic E-state index is 11.8. The molecule has 3 N–H and O–H groups in total. The predicted octanol–water partition coefficient (Wildman–Crippen LogP) is 0.281. The summed E-state index contributed by atoms with van der Waals surface area (Å²) in [5, 5.41) is 6.43. The molecule has 1 unspecified atom stereocenters. The van der Waals surface area contributed by atoms with Crippen LogP contribution >= 0.6 is 0 Å². The van der Waals surface area contributed by atoms with Crippen molar-refractivity contribution >= 4 is 5.91 Å². The van der Waals surface area contributed by atoms with Gasteiger partial charge in [-0.2, -0.15) is 5.10 Å². The van der Waals surface area contributed by atoms with Crippen LogP contribution in [0.2, 0.25) is 0 Å². The van der Waals surface area contributed by atoms with Gasteiger partial charge in [-0.05, 0) is 6.42 Å². The standard InChI is InChI=1S/C10H19N5O/c1-3-4-5-8(11)10(16)15(2)6-9-12-7-13-14-9/h7-8H,3-6,11H2,1-2H3,(H,12,13,14). The van der Waals surface area contributed by atoms with Gasteiger partial charge in [-0.15, -0.1) is 0 Å². The Kier molecular flexibility index (Phi) is 4.91. The molecule has 1 atom stereocenters. The maximum absolute atomic E-state index is 11.8. The zero-order chi connectivity index (χ0) is 12.0. The molecule has 16 heavy (non-hydrogen) atoms. The highest BCUT2D eigenvalue weighted by Crippen LogP contribution is 2.03. The topological polar surface area (TPSA) is 87.9 Å². The summed E-state index contributed by atoms with van der Waals surface area (Å²) >= 11 is 0. The largest absolute Gasteiger partial charge is 0.337 e. The molecule has 0 saturated heterocycles. The molecule has 0 fully saturated rings. The number of aromatic nitrogens is 3. The smallest absolute Gasteiger partial charge is 0.239 e. The van der Waals surface area contributed by atoms with Crippen LogP contribution in [-0.2, 0) is 11.3 Å². The number of carbonyl (C=O) groups excluding carboxylic acids is 1. The van der Waals surface area contributed by atoms with Crippen LogP contribution in [0, 0.1) is 0 Å². The van der Waals surface area contributed by atoms with E-state index < -0.39 is 6.04 Å². The zero-order valence-corrected chi connectivity index (χ0v) is 9.81.